The Morgan fingerprint density at radius 3 is 2.14 bits per heavy atom. The van der Waals surface area contributed by atoms with Gasteiger partial charge in [0.2, 0.25) is 0 Å². The fraction of sp³-hybridized carbons (Fsp3) is 0.400. The standard InChI is InChI=1S/C10H12F3N/c1-3-10(2,14)6-4-8(12)9(13)5-7(6)11/h4-5H,3,14H2,1-2H3/t10-/m1/s1. The molecular formula is C10H12F3N. The van der Waals surface area contributed by atoms with Gasteiger partial charge in [-0.3, -0.25) is 0 Å². The van der Waals surface area contributed by atoms with E-state index in [4.69, 9.17) is 5.73 Å². The van der Waals surface area contributed by atoms with Crippen molar-refractivity contribution < 1.29 is 13.2 Å². The van der Waals surface area contributed by atoms with E-state index in [0.717, 1.165) is 6.07 Å². The average molecular weight is 203 g/mol. The van der Waals surface area contributed by atoms with Crippen LogP contribution in [0.4, 0.5) is 13.2 Å². The second-order valence-electron chi connectivity index (χ2n) is 3.52. The number of nitrogens with two attached hydrogens (primary N) is 1. The van der Waals surface area contributed by atoms with Gasteiger partial charge in [-0.2, -0.15) is 0 Å². The summed E-state index contributed by atoms with van der Waals surface area (Å²) in [5, 5.41) is 0. The van der Waals surface area contributed by atoms with Crippen LogP contribution in [0.5, 0.6) is 0 Å². The molecule has 1 atom stereocenters. The predicted octanol–water partition coefficient (Wildman–Crippen LogP) is 2.69. The zero-order chi connectivity index (χ0) is 10.9. The minimum absolute atomic E-state index is 0.00102. The van der Waals surface area contributed by atoms with Crippen molar-refractivity contribution in [1.29, 1.82) is 0 Å². The Bertz CT molecular complexity index is 347. The molecule has 1 rings (SSSR count). The van der Waals surface area contributed by atoms with Crippen molar-refractivity contribution >= 4 is 0 Å². The molecule has 0 aliphatic rings. The summed E-state index contributed by atoms with van der Waals surface area (Å²) in [5.41, 5.74) is 4.75. The number of hydrogen-bond acceptors (Lipinski definition) is 1. The van der Waals surface area contributed by atoms with Gasteiger partial charge in [0.25, 0.3) is 0 Å². The third-order valence-corrected chi connectivity index (χ3v) is 2.36. The van der Waals surface area contributed by atoms with Gasteiger partial charge in [0.15, 0.2) is 11.6 Å². The highest BCUT2D eigenvalue weighted by Crippen LogP contribution is 2.25. The maximum atomic E-state index is 13.2. The van der Waals surface area contributed by atoms with Crippen molar-refractivity contribution in [1.82, 2.24) is 0 Å². The minimum Gasteiger partial charge on any atom is -0.322 e. The van der Waals surface area contributed by atoms with Gasteiger partial charge in [0.1, 0.15) is 5.82 Å². The largest absolute Gasteiger partial charge is 0.322 e. The molecule has 1 aromatic carbocycles. The fourth-order valence-electron chi connectivity index (χ4n) is 1.15. The fourth-order valence-corrected chi connectivity index (χ4v) is 1.15. The molecule has 0 saturated carbocycles. The smallest absolute Gasteiger partial charge is 0.161 e. The minimum atomic E-state index is -1.20. The predicted molar refractivity (Wildman–Crippen MR) is 48.1 cm³/mol. The summed E-state index contributed by atoms with van der Waals surface area (Å²) >= 11 is 0. The van der Waals surface area contributed by atoms with Crippen molar-refractivity contribution in [2.24, 2.45) is 5.73 Å². The lowest BCUT2D eigenvalue weighted by molar-refractivity contribution is 0.427. The van der Waals surface area contributed by atoms with Crippen molar-refractivity contribution in [3.05, 3.63) is 35.1 Å². The van der Waals surface area contributed by atoms with E-state index in [0.29, 0.717) is 12.5 Å². The van der Waals surface area contributed by atoms with E-state index in [1.807, 2.05) is 0 Å². The van der Waals surface area contributed by atoms with Gasteiger partial charge >= 0.3 is 0 Å². The summed E-state index contributed by atoms with van der Waals surface area (Å²) in [6, 6.07) is 1.33. The Hall–Kier alpha value is -1.03. The Morgan fingerprint density at radius 2 is 1.64 bits per heavy atom. The molecule has 1 aromatic rings. The monoisotopic (exact) mass is 203 g/mol. The van der Waals surface area contributed by atoms with Gasteiger partial charge in [-0.15, -0.1) is 0 Å². The third-order valence-electron chi connectivity index (χ3n) is 2.36. The highest BCUT2D eigenvalue weighted by Gasteiger charge is 2.24. The second kappa shape index (κ2) is 3.61. The zero-order valence-electron chi connectivity index (χ0n) is 8.07. The van der Waals surface area contributed by atoms with E-state index in [-0.39, 0.29) is 5.56 Å². The lowest BCUT2D eigenvalue weighted by Gasteiger charge is -2.23. The Balaban J connectivity index is 3.29. The van der Waals surface area contributed by atoms with Crippen molar-refractivity contribution in [3.8, 4) is 0 Å². The Labute approximate surface area is 80.7 Å². The molecule has 0 radical (unpaired) electrons. The van der Waals surface area contributed by atoms with E-state index in [1.165, 1.54) is 0 Å². The molecule has 0 bridgehead atoms. The third kappa shape index (κ3) is 1.90. The van der Waals surface area contributed by atoms with Gasteiger partial charge < -0.3 is 5.73 Å². The maximum absolute atomic E-state index is 13.2. The molecule has 0 aliphatic heterocycles. The molecule has 78 valence electrons. The van der Waals surface area contributed by atoms with Crippen LogP contribution in [0, 0.1) is 17.5 Å². The molecule has 0 heterocycles. The molecule has 0 spiro atoms. The van der Waals surface area contributed by atoms with Gasteiger partial charge in [-0.05, 0) is 19.4 Å². The van der Waals surface area contributed by atoms with Crippen molar-refractivity contribution in [2.75, 3.05) is 0 Å². The van der Waals surface area contributed by atoms with Crippen LogP contribution in [0.15, 0.2) is 12.1 Å². The first-order chi connectivity index (χ1) is 6.38. The van der Waals surface area contributed by atoms with Crippen LogP contribution >= 0.6 is 0 Å². The van der Waals surface area contributed by atoms with Crippen LogP contribution in [0.3, 0.4) is 0 Å². The van der Waals surface area contributed by atoms with E-state index >= 15 is 0 Å². The number of rotatable bonds is 2. The molecule has 0 fully saturated rings. The Kier molecular flexibility index (Phi) is 2.85. The van der Waals surface area contributed by atoms with Gasteiger partial charge in [-0.25, -0.2) is 13.2 Å². The van der Waals surface area contributed by atoms with Crippen LogP contribution in [0.1, 0.15) is 25.8 Å². The molecular weight excluding hydrogens is 191 g/mol. The first kappa shape index (κ1) is 11.0. The van der Waals surface area contributed by atoms with Crippen LogP contribution in [-0.4, -0.2) is 0 Å². The molecule has 2 N–H and O–H groups in total. The quantitative estimate of drug-likeness (QED) is 0.735. The van der Waals surface area contributed by atoms with Gasteiger partial charge in [-0.1, -0.05) is 6.92 Å². The van der Waals surface area contributed by atoms with Crippen LogP contribution < -0.4 is 5.73 Å². The van der Waals surface area contributed by atoms with Crippen molar-refractivity contribution in [2.45, 2.75) is 25.8 Å². The summed E-state index contributed by atoms with van der Waals surface area (Å²) in [4.78, 5) is 0. The van der Waals surface area contributed by atoms with E-state index < -0.39 is 23.0 Å². The highest BCUT2D eigenvalue weighted by atomic mass is 19.2. The average Bonchev–Trinajstić information content (AvgIpc) is 2.11. The van der Waals surface area contributed by atoms with Crippen LogP contribution in [-0.2, 0) is 5.54 Å². The number of benzene rings is 1. The van der Waals surface area contributed by atoms with Gasteiger partial charge in [0.05, 0.1) is 0 Å². The SMILES string of the molecule is CC[C@@](C)(N)c1cc(F)c(F)cc1F. The molecule has 0 aromatic heterocycles. The summed E-state index contributed by atoms with van der Waals surface area (Å²) < 4.78 is 38.7. The maximum Gasteiger partial charge on any atom is 0.161 e. The lowest BCUT2D eigenvalue weighted by Crippen LogP contribution is -2.33. The molecule has 4 heteroatoms. The van der Waals surface area contributed by atoms with E-state index in [2.05, 4.69) is 0 Å². The van der Waals surface area contributed by atoms with Crippen molar-refractivity contribution in [3.63, 3.8) is 0 Å². The topological polar surface area (TPSA) is 26.0 Å². The van der Waals surface area contributed by atoms with E-state index in [9.17, 15) is 13.2 Å². The normalized spacial score (nSPS) is 15.3. The first-order valence-corrected chi connectivity index (χ1v) is 4.32. The number of halogens is 3. The molecule has 1 nitrogen and oxygen atoms in total. The van der Waals surface area contributed by atoms with E-state index in [1.54, 1.807) is 13.8 Å². The molecule has 14 heavy (non-hydrogen) atoms. The number of hydrogen-bond donors (Lipinski definition) is 1. The van der Waals surface area contributed by atoms with Gasteiger partial charge in [0, 0.05) is 17.2 Å². The highest BCUT2D eigenvalue weighted by molar-refractivity contribution is 5.26. The molecule has 0 aliphatic carbocycles. The second-order valence-corrected chi connectivity index (χ2v) is 3.52. The first-order valence-electron chi connectivity index (χ1n) is 4.32. The summed E-state index contributed by atoms with van der Waals surface area (Å²) in [5.74, 6) is -3.08. The Morgan fingerprint density at radius 1 is 1.14 bits per heavy atom. The molecule has 0 unspecified atom stereocenters. The summed E-state index contributed by atoms with van der Waals surface area (Å²) in [7, 11) is 0. The summed E-state index contributed by atoms with van der Waals surface area (Å²) in [6.07, 6.45) is 0.439. The lowest BCUT2D eigenvalue weighted by atomic mass is 9.90. The zero-order valence-corrected chi connectivity index (χ0v) is 8.07. The summed E-state index contributed by atoms with van der Waals surface area (Å²) in [6.45, 7) is 3.32. The molecule has 0 amide bonds. The molecule has 0 saturated heterocycles. The van der Waals surface area contributed by atoms with Crippen LogP contribution in [0.25, 0.3) is 0 Å². The van der Waals surface area contributed by atoms with Crippen LogP contribution in [0.2, 0.25) is 0 Å².